The zero-order valence-electron chi connectivity index (χ0n) is 16.1. The molecule has 6 heteroatoms. The number of nitrogens with zero attached hydrogens (tertiary/aromatic N) is 1. The number of allylic oxidation sites excluding steroid dienone is 1. The smallest absolute Gasteiger partial charge is 0.295 e. The van der Waals surface area contributed by atoms with Gasteiger partial charge in [-0.2, -0.15) is 13.2 Å². The van der Waals surface area contributed by atoms with E-state index < -0.39 is 11.7 Å². The predicted octanol–water partition coefficient (Wildman–Crippen LogP) is 6.63. The van der Waals surface area contributed by atoms with Crippen molar-refractivity contribution in [1.29, 1.82) is 0 Å². The van der Waals surface area contributed by atoms with Crippen LogP contribution in [0.1, 0.15) is 60.2 Å². The standard InChI is InChI=1S/C23H23ClF3NO/c24-21-14-10-16(15-20(21)23(25,26)27)9-13-19(29)7-3-2-6-18-12-11-17-5-1-4-8-22(17)28-18/h9-15H,1-8H2/b13-9+. The first-order valence-corrected chi connectivity index (χ1v) is 10.3. The van der Waals surface area contributed by atoms with Crippen LogP contribution in [0.4, 0.5) is 13.2 Å². The second-order valence-electron chi connectivity index (χ2n) is 7.36. The van der Waals surface area contributed by atoms with Gasteiger partial charge in [0.15, 0.2) is 5.78 Å². The SMILES string of the molecule is O=C(/C=C/c1ccc(Cl)c(C(F)(F)F)c1)CCCCc1ccc2c(n1)CCCC2. The number of ketones is 1. The van der Waals surface area contributed by atoms with Crippen LogP contribution in [0.3, 0.4) is 0 Å². The summed E-state index contributed by atoms with van der Waals surface area (Å²) in [6.45, 7) is 0. The van der Waals surface area contributed by atoms with Gasteiger partial charge in [-0.1, -0.05) is 29.8 Å². The van der Waals surface area contributed by atoms with Crippen molar-refractivity contribution in [3.05, 3.63) is 69.5 Å². The highest BCUT2D eigenvalue weighted by atomic mass is 35.5. The maximum absolute atomic E-state index is 12.9. The fourth-order valence-corrected chi connectivity index (χ4v) is 3.73. The van der Waals surface area contributed by atoms with Gasteiger partial charge in [0.25, 0.3) is 0 Å². The van der Waals surface area contributed by atoms with E-state index in [0.29, 0.717) is 12.0 Å². The molecule has 2 aromatic rings. The number of aryl methyl sites for hydroxylation is 3. The van der Waals surface area contributed by atoms with E-state index in [4.69, 9.17) is 16.6 Å². The summed E-state index contributed by atoms with van der Waals surface area (Å²) in [5.41, 5.74) is 3.04. The Labute approximate surface area is 173 Å². The molecule has 0 atom stereocenters. The van der Waals surface area contributed by atoms with Crippen LogP contribution in [0.15, 0.2) is 36.4 Å². The largest absolute Gasteiger partial charge is 0.417 e. The average Bonchev–Trinajstić information content (AvgIpc) is 2.69. The molecule has 0 aliphatic heterocycles. The summed E-state index contributed by atoms with van der Waals surface area (Å²) in [4.78, 5) is 16.8. The number of carbonyl (C=O) groups is 1. The van der Waals surface area contributed by atoms with Crippen LogP contribution in [0.25, 0.3) is 6.08 Å². The first-order chi connectivity index (χ1) is 13.8. The summed E-state index contributed by atoms with van der Waals surface area (Å²) < 4.78 is 38.7. The van der Waals surface area contributed by atoms with Crippen molar-refractivity contribution in [3.8, 4) is 0 Å². The molecule has 1 aromatic heterocycles. The van der Waals surface area contributed by atoms with Gasteiger partial charge < -0.3 is 0 Å². The third-order valence-electron chi connectivity index (χ3n) is 5.10. The summed E-state index contributed by atoms with van der Waals surface area (Å²) in [5.74, 6) is -0.105. The molecule has 0 N–H and O–H groups in total. The number of aromatic nitrogens is 1. The lowest BCUT2D eigenvalue weighted by Crippen LogP contribution is -2.07. The maximum Gasteiger partial charge on any atom is 0.417 e. The number of halogens is 4. The van der Waals surface area contributed by atoms with Crippen molar-refractivity contribution in [2.45, 2.75) is 57.5 Å². The van der Waals surface area contributed by atoms with Crippen LogP contribution < -0.4 is 0 Å². The topological polar surface area (TPSA) is 30.0 Å². The Morgan fingerprint density at radius 3 is 2.69 bits per heavy atom. The van der Waals surface area contributed by atoms with Gasteiger partial charge >= 0.3 is 6.18 Å². The molecule has 0 saturated carbocycles. The quantitative estimate of drug-likeness (QED) is 0.371. The molecule has 1 aliphatic carbocycles. The molecular formula is C23H23ClF3NO. The van der Waals surface area contributed by atoms with Gasteiger partial charge in [-0.25, -0.2) is 0 Å². The zero-order chi connectivity index (χ0) is 20.9. The molecule has 0 saturated heterocycles. The van der Waals surface area contributed by atoms with E-state index in [0.717, 1.165) is 43.9 Å². The molecule has 0 radical (unpaired) electrons. The number of hydrogen-bond acceptors (Lipinski definition) is 2. The van der Waals surface area contributed by atoms with E-state index in [1.807, 2.05) is 0 Å². The molecule has 29 heavy (non-hydrogen) atoms. The lowest BCUT2D eigenvalue weighted by atomic mass is 9.95. The number of carbonyl (C=O) groups excluding carboxylic acids is 1. The van der Waals surface area contributed by atoms with Crippen molar-refractivity contribution in [2.24, 2.45) is 0 Å². The Morgan fingerprint density at radius 2 is 1.90 bits per heavy atom. The highest BCUT2D eigenvalue weighted by molar-refractivity contribution is 6.31. The number of benzene rings is 1. The van der Waals surface area contributed by atoms with Gasteiger partial charge in [0.1, 0.15) is 0 Å². The second-order valence-corrected chi connectivity index (χ2v) is 7.77. The van der Waals surface area contributed by atoms with Crippen molar-refractivity contribution >= 4 is 23.5 Å². The third-order valence-corrected chi connectivity index (χ3v) is 5.43. The molecule has 0 spiro atoms. The maximum atomic E-state index is 12.9. The van der Waals surface area contributed by atoms with Gasteiger partial charge in [-0.05, 0) is 80.3 Å². The van der Waals surface area contributed by atoms with Gasteiger partial charge in [-0.15, -0.1) is 0 Å². The minimum atomic E-state index is -4.52. The van der Waals surface area contributed by atoms with Gasteiger partial charge in [-0.3, -0.25) is 9.78 Å². The van der Waals surface area contributed by atoms with Crippen molar-refractivity contribution in [2.75, 3.05) is 0 Å². The Morgan fingerprint density at radius 1 is 1.10 bits per heavy atom. The van der Waals surface area contributed by atoms with Crippen molar-refractivity contribution in [1.82, 2.24) is 4.98 Å². The monoisotopic (exact) mass is 421 g/mol. The number of alkyl halides is 3. The summed E-state index contributed by atoms with van der Waals surface area (Å²) in [7, 11) is 0. The highest BCUT2D eigenvalue weighted by Crippen LogP contribution is 2.35. The normalized spacial score (nSPS) is 14.2. The summed E-state index contributed by atoms with van der Waals surface area (Å²) in [6.07, 6.45) is 5.57. The molecular weight excluding hydrogens is 399 g/mol. The first kappa shape index (κ1) is 21.6. The van der Waals surface area contributed by atoms with Crippen LogP contribution >= 0.6 is 11.6 Å². The Balaban J connectivity index is 1.47. The van der Waals surface area contributed by atoms with Crippen molar-refractivity contribution in [3.63, 3.8) is 0 Å². The van der Waals surface area contributed by atoms with Crippen LogP contribution in [0, 0.1) is 0 Å². The number of pyridine rings is 1. The summed E-state index contributed by atoms with van der Waals surface area (Å²) in [6, 6.07) is 7.85. The van der Waals surface area contributed by atoms with Crippen LogP contribution in [0.2, 0.25) is 5.02 Å². The molecule has 154 valence electrons. The van der Waals surface area contributed by atoms with E-state index in [1.54, 1.807) is 0 Å². The Kier molecular flexibility index (Phi) is 7.12. The van der Waals surface area contributed by atoms with Crippen LogP contribution in [0.5, 0.6) is 0 Å². The van der Waals surface area contributed by atoms with Crippen molar-refractivity contribution < 1.29 is 18.0 Å². The van der Waals surface area contributed by atoms with Gasteiger partial charge in [0.05, 0.1) is 10.6 Å². The lowest BCUT2D eigenvalue weighted by Gasteiger charge is -2.15. The number of rotatable bonds is 7. The number of unbranched alkanes of at least 4 members (excludes halogenated alkanes) is 1. The molecule has 1 aliphatic rings. The summed E-state index contributed by atoms with van der Waals surface area (Å²) >= 11 is 5.60. The third kappa shape index (κ3) is 6.17. The molecule has 0 amide bonds. The molecule has 0 unspecified atom stereocenters. The number of fused-ring (bicyclic) bond motifs is 1. The Bertz CT molecular complexity index is 905. The molecule has 3 rings (SSSR count). The van der Waals surface area contributed by atoms with E-state index in [2.05, 4.69) is 12.1 Å². The van der Waals surface area contributed by atoms with E-state index in [9.17, 15) is 18.0 Å². The minimum Gasteiger partial charge on any atom is -0.295 e. The van der Waals surface area contributed by atoms with E-state index >= 15 is 0 Å². The predicted molar refractivity (Wildman–Crippen MR) is 109 cm³/mol. The van der Waals surface area contributed by atoms with Gasteiger partial charge in [0, 0.05) is 17.8 Å². The first-order valence-electron chi connectivity index (χ1n) is 9.88. The molecule has 0 bridgehead atoms. The van der Waals surface area contributed by atoms with E-state index in [1.165, 1.54) is 48.4 Å². The van der Waals surface area contributed by atoms with Gasteiger partial charge in [0.2, 0.25) is 0 Å². The molecule has 1 heterocycles. The van der Waals surface area contributed by atoms with Crippen LogP contribution in [-0.4, -0.2) is 10.8 Å². The number of hydrogen-bond donors (Lipinski definition) is 0. The Hall–Kier alpha value is -2.14. The molecule has 0 fully saturated rings. The van der Waals surface area contributed by atoms with Crippen LogP contribution in [-0.2, 0) is 30.2 Å². The zero-order valence-corrected chi connectivity index (χ0v) is 16.8. The fourth-order valence-electron chi connectivity index (χ4n) is 3.51. The minimum absolute atomic E-state index is 0.105. The highest BCUT2D eigenvalue weighted by Gasteiger charge is 2.33. The fraction of sp³-hybridized carbons (Fsp3) is 0.391. The summed E-state index contributed by atoms with van der Waals surface area (Å²) in [5, 5.41) is -0.350. The second kappa shape index (κ2) is 9.57. The molecule has 2 nitrogen and oxygen atoms in total. The molecule has 1 aromatic carbocycles. The lowest BCUT2D eigenvalue weighted by molar-refractivity contribution is -0.137. The average molecular weight is 422 g/mol. The van der Waals surface area contributed by atoms with E-state index in [-0.39, 0.29) is 10.8 Å².